The lowest BCUT2D eigenvalue weighted by molar-refractivity contribution is 1.18. The number of aromatic nitrogens is 1. The predicted molar refractivity (Wildman–Crippen MR) is 207 cm³/mol. The highest BCUT2D eigenvalue weighted by atomic mass is 15.1. The summed E-state index contributed by atoms with van der Waals surface area (Å²) in [6.45, 7) is 0. The van der Waals surface area contributed by atoms with Gasteiger partial charge in [0.1, 0.15) is 0 Å². The topological polar surface area (TPSA) is 8.17 Å². The van der Waals surface area contributed by atoms with Crippen LogP contribution in [0.1, 0.15) is 11.1 Å². The second kappa shape index (κ2) is 11.1. The maximum atomic E-state index is 2.42. The number of benzene rings is 8. The molecule has 10 rings (SSSR count). The first kappa shape index (κ1) is 27.7. The highest BCUT2D eigenvalue weighted by molar-refractivity contribution is 6.10. The van der Waals surface area contributed by atoms with Crippen LogP contribution in [0.3, 0.4) is 0 Å². The van der Waals surface area contributed by atoms with Crippen LogP contribution in [0, 0.1) is 0 Å². The third kappa shape index (κ3) is 4.49. The second-order valence-corrected chi connectivity index (χ2v) is 13.0. The molecule has 49 heavy (non-hydrogen) atoms. The normalized spacial score (nSPS) is 12.0. The zero-order valence-electron chi connectivity index (χ0n) is 26.9. The van der Waals surface area contributed by atoms with E-state index >= 15 is 0 Å². The summed E-state index contributed by atoms with van der Waals surface area (Å²) in [6.07, 6.45) is 0.960. The SMILES string of the molecule is c1ccc(-c2ccc(N(c3ccc4ccc5c(c4c3)Cc3ccccc3-5)c3ccc4c5ccccc5n(-c5ccccc5)c4c3)cc2)cc1. The van der Waals surface area contributed by atoms with E-state index in [1.807, 2.05) is 0 Å². The summed E-state index contributed by atoms with van der Waals surface area (Å²) in [5.74, 6) is 0. The van der Waals surface area contributed by atoms with E-state index in [0.29, 0.717) is 0 Å². The lowest BCUT2D eigenvalue weighted by atomic mass is 9.98. The Morgan fingerprint density at radius 2 is 1.04 bits per heavy atom. The number of fused-ring (bicyclic) bond motifs is 8. The summed E-state index contributed by atoms with van der Waals surface area (Å²) in [5, 5.41) is 5.09. The van der Waals surface area contributed by atoms with Crippen molar-refractivity contribution >= 4 is 49.6 Å². The van der Waals surface area contributed by atoms with Gasteiger partial charge in [-0.25, -0.2) is 0 Å². The molecule has 0 atom stereocenters. The summed E-state index contributed by atoms with van der Waals surface area (Å²) in [6, 6.07) is 66.4. The molecule has 0 saturated heterocycles. The Morgan fingerprint density at radius 1 is 0.408 bits per heavy atom. The summed E-state index contributed by atoms with van der Waals surface area (Å²) in [4.78, 5) is 2.42. The molecule has 230 valence electrons. The van der Waals surface area contributed by atoms with Crippen LogP contribution in [-0.2, 0) is 6.42 Å². The number of hydrogen-bond acceptors (Lipinski definition) is 1. The van der Waals surface area contributed by atoms with Gasteiger partial charge in [0.05, 0.1) is 11.0 Å². The molecule has 0 amide bonds. The Labute approximate surface area is 285 Å². The molecule has 2 nitrogen and oxygen atoms in total. The molecule has 0 unspecified atom stereocenters. The largest absolute Gasteiger partial charge is 0.310 e. The van der Waals surface area contributed by atoms with Crippen LogP contribution in [-0.4, -0.2) is 4.57 Å². The van der Waals surface area contributed by atoms with E-state index in [1.54, 1.807) is 0 Å². The van der Waals surface area contributed by atoms with E-state index in [9.17, 15) is 0 Å². The Morgan fingerprint density at radius 3 is 1.90 bits per heavy atom. The standard InChI is InChI=1S/C47H32N2/c1-3-11-32(12-4-1)33-19-23-37(24-20-33)48(38-25-21-34-22-27-41-40-16-8-7-13-35(40)29-45(41)44(34)30-38)39-26-28-43-42-17-9-10-18-46(42)49(47(43)31-39)36-14-5-2-6-15-36/h1-28,30-31H,29H2. The smallest absolute Gasteiger partial charge is 0.0561 e. The van der Waals surface area contributed by atoms with Gasteiger partial charge in [0.15, 0.2) is 0 Å². The molecular weight excluding hydrogens is 593 g/mol. The van der Waals surface area contributed by atoms with Crippen LogP contribution in [0.2, 0.25) is 0 Å². The van der Waals surface area contributed by atoms with Crippen LogP contribution in [0.15, 0.2) is 182 Å². The lowest BCUT2D eigenvalue weighted by Gasteiger charge is -2.27. The van der Waals surface area contributed by atoms with E-state index in [4.69, 9.17) is 0 Å². The van der Waals surface area contributed by atoms with Crippen molar-refractivity contribution in [3.05, 3.63) is 193 Å². The molecule has 0 bridgehead atoms. The minimum atomic E-state index is 0.960. The van der Waals surface area contributed by atoms with Crippen LogP contribution >= 0.6 is 0 Å². The van der Waals surface area contributed by atoms with Gasteiger partial charge < -0.3 is 9.47 Å². The highest BCUT2D eigenvalue weighted by Gasteiger charge is 2.22. The quantitative estimate of drug-likeness (QED) is 0.185. The molecule has 0 saturated carbocycles. The third-order valence-corrected chi connectivity index (χ3v) is 10.2. The Hall–Kier alpha value is -6.38. The number of anilines is 3. The third-order valence-electron chi connectivity index (χ3n) is 10.2. The van der Waals surface area contributed by atoms with Gasteiger partial charge in [-0.1, -0.05) is 127 Å². The molecule has 1 aliphatic rings. The van der Waals surface area contributed by atoms with Crippen molar-refractivity contribution in [2.24, 2.45) is 0 Å². The van der Waals surface area contributed by atoms with Crippen LogP contribution in [0.4, 0.5) is 17.1 Å². The summed E-state index contributed by atoms with van der Waals surface area (Å²) in [5.41, 5.74) is 14.9. The monoisotopic (exact) mass is 624 g/mol. The molecule has 1 aliphatic carbocycles. The van der Waals surface area contributed by atoms with E-state index < -0.39 is 0 Å². The van der Waals surface area contributed by atoms with Crippen molar-refractivity contribution < 1.29 is 0 Å². The average molecular weight is 625 g/mol. The Bertz CT molecular complexity index is 2670. The molecule has 0 aliphatic heterocycles. The van der Waals surface area contributed by atoms with Gasteiger partial charge in [-0.05, 0) is 105 Å². The minimum Gasteiger partial charge on any atom is -0.310 e. The number of rotatable bonds is 5. The van der Waals surface area contributed by atoms with Crippen LogP contribution in [0.25, 0.3) is 60.5 Å². The van der Waals surface area contributed by atoms with E-state index in [1.165, 1.54) is 66.0 Å². The first-order chi connectivity index (χ1) is 24.3. The molecule has 2 heteroatoms. The fraction of sp³-hybridized carbons (Fsp3) is 0.0213. The van der Waals surface area contributed by atoms with Gasteiger partial charge in [-0.3, -0.25) is 0 Å². The maximum Gasteiger partial charge on any atom is 0.0561 e. The van der Waals surface area contributed by atoms with E-state index in [0.717, 1.165) is 29.2 Å². The Balaban J connectivity index is 1.19. The van der Waals surface area contributed by atoms with Crippen molar-refractivity contribution in [3.63, 3.8) is 0 Å². The molecule has 0 fully saturated rings. The van der Waals surface area contributed by atoms with Gasteiger partial charge in [0.25, 0.3) is 0 Å². The first-order valence-corrected chi connectivity index (χ1v) is 17.0. The highest BCUT2D eigenvalue weighted by Crippen LogP contribution is 2.44. The maximum absolute atomic E-state index is 2.42. The van der Waals surface area contributed by atoms with Crippen LogP contribution in [0.5, 0.6) is 0 Å². The van der Waals surface area contributed by atoms with E-state index in [2.05, 4.69) is 191 Å². The number of para-hydroxylation sites is 2. The van der Waals surface area contributed by atoms with Gasteiger partial charge in [-0.2, -0.15) is 0 Å². The fourth-order valence-corrected chi connectivity index (χ4v) is 7.91. The van der Waals surface area contributed by atoms with Crippen molar-refractivity contribution in [2.45, 2.75) is 6.42 Å². The Kier molecular flexibility index (Phi) is 6.28. The molecule has 1 aromatic heterocycles. The number of hydrogen-bond donors (Lipinski definition) is 0. The zero-order chi connectivity index (χ0) is 32.3. The summed E-state index contributed by atoms with van der Waals surface area (Å²) in [7, 11) is 0. The van der Waals surface area contributed by atoms with Crippen molar-refractivity contribution in [2.75, 3.05) is 4.90 Å². The van der Waals surface area contributed by atoms with Gasteiger partial charge in [0.2, 0.25) is 0 Å². The molecule has 8 aromatic carbocycles. The van der Waals surface area contributed by atoms with Crippen molar-refractivity contribution in [3.8, 4) is 27.9 Å². The fourth-order valence-electron chi connectivity index (χ4n) is 7.91. The number of nitrogens with zero attached hydrogens (tertiary/aromatic N) is 2. The summed E-state index contributed by atoms with van der Waals surface area (Å²) >= 11 is 0. The van der Waals surface area contributed by atoms with Crippen LogP contribution < -0.4 is 4.90 Å². The van der Waals surface area contributed by atoms with Gasteiger partial charge in [-0.15, -0.1) is 0 Å². The minimum absolute atomic E-state index is 0.960. The first-order valence-electron chi connectivity index (χ1n) is 17.0. The molecule has 0 spiro atoms. The predicted octanol–water partition coefficient (Wildman–Crippen LogP) is 12.6. The second-order valence-electron chi connectivity index (χ2n) is 13.0. The van der Waals surface area contributed by atoms with E-state index in [-0.39, 0.29) is 0 Å². The van der Waals surface area contributed by atoms with Crippen molar-refractivity contribution in [1.82, 2.24) is 4.57 Å². The molecule has 0 radical (unpaired) electrons. The average Bonchev–Trinajstić information content (AvgIpc) is 3.72. The molecule has 9 aromatic rings. The molecule has 0 N–H and O–H groups in total. The molecule has 1 heterocycles. The zero-order valence-corrected chi connectivity index (χ0v) is 26.9. The van der Waals surface area contributed by atoms with Gasteiger partial charge in [0, 0.05) is 33.5 Å². The summed E-state index contributed by atoms with van der Waals surface area (Å²) < 4.78 is 2.40. The molecular formula is C47H32N2. The lowest BCUT2D eigenvalue weighted by Crippen LogP contribution is -2.10. The van der Waals surface area contributed by atoms with Gasteiger partial charge >= 0.3 is 0 Å². The van der Waals surface area contributed by atoms with Crippen molar-refractivity contribution in [1.29, 1.82) is 0 Å².